The molecule has 1 rings (SSSR count). The normalized spacial score (nSPS) is 22.7. The smallest absolute Gasteiger partial charge is 0.389 e. The van der Waals surface area contributed by atoms with E-state index in [2.05, 4.69) is 6.58 Å². The van der Waals surface area contributed by atoms with Crippen molar-refractivity contribution < 1.29 is 18.3 Å². The first kappa shape index (κ1) is 12.5. The van der Waals surface area contributed by atoms with Crippen LogP contribution in [0.5, 0.6) is 0 Å². The predicted octanol–water partition coefficient (Wildman–Crippen LogP) is 1.95. The Hall–Kier alpha value is -0.550. The number of hydrogen-bond donors (Lipinski definition) is 1. The van der Waals surface area contributed by atoms with E-state index in [1.807, 2.05) is 11.9 Å². The van der Waals surface area contributed by atoms with Crippen molar-refractivity contribution in [3.63, 3.8) is 0 Å². The maximum atomic E-state index is 12.2. The first-order valence-electron chi connectivity index (χ1n) is 4.89. The van der Waals surface area contributed by atoms with Gasteiger partial charge in [0, 0.05) is 25.1 Å². The number of rotatable bonds is 2. The van der Waals surface area contributed by atoms with Gasteiger partial charge in [0.05, 0.1) is 5.60 Å². The fourth-order valence-corrected chi connectivity index (χ4v) is 1.71. The lowest BCUT2D eigenvalue weighted by Gasteiger charge is -2.37. The summed E-state index contributed by atoms with van der Waals surface area (Å²) < 4.78 is 36.7. The van der Waals surface area contributed by atoms with Crippen LogP contribution in [0.15, 0.2) is 12.2 Å². The highest BCUT2D eigenvalue weighted by atomic mass is 19.4. The second-order valence-corrected chi connectivity index (χ2v) is 4.31. The van der Waals surface area contributed by atoms with E-state index in [9.17, 15) is 18.3 Å². The Labute approximate surface area is 87.4 Å². The Morgan fingerprint density at radius 2 is 1.87 bits per heavy atom. The van der Waals surface area contributed by atoms with Crippen molar-refractivity contribution in [1.82, 2.24) is 4.90 Å². The van der Waals surface area contributed by atoms with Gasteiger partial charge < -0.3 is 10.0 Å². The van der Waals surface area contributed by atoms with Gasteiger partial charge in [0.1, 0.15) is 0 Å². The van der Waals surface area contributed by atoms with Gasteiger partial charge in [-0.05, 0) is 19.9 Å². The standard InChI is InChI=1S/C10H16F3NO/c1-8(10(11,12)13)7-9(15)3-5-14(2)6-4-9/h15H,1,3-7H2,2H3. The molecule has 0 saturated carbocycles. The average molecular weight is 223 g/mol. The van der Waals surface area contributed by atoms with Gasteiger partial charge in [0.25, 0.3) is 0 Å². The molecule has 0 aliphatic carbocycles. The number of piperidine rings is 1. The molecule has 88 valence electrons. The van der Waals surface area contributed by atoms with Gasteiger partial charge in [0.2, 0.25) is 0 Å². The summed E-state index contributed by atoms with van der Waals surface area (Å²) in [6.45, 7) is 4.24. The van der Waals surface area contributed by atoms with Crippen molar-refractivity contribution in [2.75, 3.05) is 20.1 Å². The molecule has 1 aliphatic rings. The molecule has 0 unspecified atom stereocenters. The van der Waals surface area contributed by atoms with E-state index < -0.39 is 17.4 Å². The third-order valence-corrected chi connectivity index (χ3v) is 2.86. The maximum absolute atomic E-state index is 12.2. The minimum Gasteiger partial charge on any atom is -0.389 e. The summed E-state index contributed by atoms with van der Waals surface area (Å²) in [4.78, 5) is 1.99. The molecule has 15 heavy (non-hydrogen) atoms. The molecule has 5 heteroatoms. The van der Waals surface area contributed by atoms with Crippen LogP contribution >= 0.6 is 0 Å². The molecule has 1 heterocycles. The molecule has 0 radical (unpaired) electrons. The maximum Gasteiger partial charge on any atom is 0.412 e. The predicted molar refractivity (Wildman–Crippen MR) is 51.5 cm³/mol. The van der Waals surface area contributed by atoms with Crippen LogP contribution in [0.25, 0.3) is 0 Å². The Morgan fingerprint density at radius 1 is 1.40 bits per heavy atom. The zero-order valence-corrected chi connectivity index (χ0v) is 8.77. The number of aliphatic hydroxyl groups is 1. The lowest BCUT2D eigenvalue weighted by Crippen LogP contribution is -2.43. The van der Waals surface area contributed by atoms with Crippen LogP contribution in [0, 0.1) is 0 Å². The molecule has 0 bridgehead atoms. The zero-order valence-electron chi connectivity index (χ0n) is 8.77. The third-order valence-electron chi connectivity index (χ3n) is 2.86. The van der Waals surface area contributed by atoms with E-state index in [-0.39, 0.29) is 6.42 Å². The molecule has 0 aromatic carbocycles. The topological polar surface area (TPSA) is 23.5 Å². The fraction of sp³-hybridized carbons (Fsp3) is 0.800. The lowest BCUT2D eigenvalue weighted by atomic mass is 9.85. The minimum atomic E-state index is -4.39. The summed E-state index contributed by atoms with van der Waals surface area (Å²) >= 11 is 0. The van der Waals surface area contributed by atoms with Crippen molar-refractivity contribution in [3.8, 4) is 0 Å². The van der Waals surface area contributed by atoms with Crippen molar-refractivity contribution in [2.24, 2.45) is 0 Å². The van der Waals surface area contributed by atoms with Gasteiger partial charge in [-0.3, -0.25) is 0 Å². The molecule has 1 fully saturated rings. The summed E-state index contributed by atoms with van der Waals surface area (Å²) in [5.74, 6) is 0. The lowest BCUT2D eigenvalue weighted by molar-refractivity contribution is -0.106. The number of alkyl halides is 3. The van der Waals surface area contributed by atoms with Crippen LogP contribution in [0.4, 0.5) is 13.2 Å². The second kappa shape index (κ2) is 4.14. The third kappa shape index (κ3) is 3.50. The number of hydrogen-bond acceptors (Lipinski definition) is 2. The number of halogens is 3. The first-order chi connectivity index (χ1) is 6.73. The van der Waals surface area contributed by atoms with Crippen molar-refractivity contribution in [1.29, 1.82) is 0 Å². The quantitative estimate of drug-likeness (QED) is 0.723. The van der Waals surface area contributed by atoms with Gasteiger partial charge in [0.15, 0.2) is 0 Å². The Kier molecular flexibility index (Phi) is 3.45. The van der Waals surface area contributed by atoms with Gasteiger partial charge in [-0.25, -0.2) is 0 Å². The van der Waals surface area contributed by atoms with Crippen LogP contribution in [-0.4, -0.2) is 41.9 Å². The summed E-state index contributed by atoms with van der Waals surface area (Å²) in [6, 6.07) is 0. The largest absolute Gasteiger partial charge is 0.412 e. The molecule has 0 aromatic heterocycles. The molecule has 2 nitrogen and oxygen atoms in total. The molecule has 1 N–H and O–H groups in total. The SMILES string of the molecule is C=C(CC1(O)CCN(C)CC1)C(F)(F)F. The summed E-state index contributed by atoms with van der Waals surface area (Å²) in [6.07, 6.45) is -4.01. The first-order valence-corrected chi connectivity index (χ1v) is 4.89. The van der Waals surface area contributed by atoms with E-state index in [1.54, 1.807) is 0 Å². The van der Waals surface area contributed by atoms with Gasteiger partial charge >= 0.3 is 6.18 Å². The Balaban J connectivity index is 2.54. The molecular formula is C10H16F3NO. The molecule has 0 atom stereocenters. The summed E-state index contributed by atoms with van der Waals surface area (Å²) in [7, 11) is 1.89. The van der Waals surface area contributed by atoms with Crippen molar-refractivity contribution in [2.45, 2.75) is 31.0 Å². The van der Waals surface area contributed by atoms with Gasteiger partial charge in [-0.15, -0.1) is 0 Å². The summed E-state index contributed by atoms with van der Waals surface area (Å²) in [5.41, 5.74) is -2.06. The molecule has 1 saturated heterocycles. The van der Waals surface area contributed by atoms with E-state index in [0.29, 0.717) is 25.9 Å². The highest BCUT2D eigenvalue weighted by molar-refractivity contribution is 5.08. The monoisotopic (exact) mass is 223 g/mol. The number of likely N-dealkylation sites (tertiary alicyclic amines) is 1. The van der Waals surface area contributed by atoms with Crippen molar-refractivity contribution in [3.05, 3.63) is 12.2 Å². The minimum absolute atomic E-state index is 0.371. The summed E-state index contributed by atoms with van der Waals surface area (Å²) in [5, 5.41) is 9.94. The van der Waals surface area contributed by atoms with E-state index in [1.165, 1.54) is 0 Å². The molecule has 0 amide bonds. The van der Waals surface area contributed by atoms with Crippen LogP contribution in [-0.2, 0) is 0 Å². The van der Waals surface area contributed by atoms with E-state index in [4.69, 9.17) is 0 Å². The highest BCUT2D eigenvalue weighted by Crippen LogP contribution is 2.34. The zero-order chi connectivity index (χ0) is 11.7. The van der Waals surface area contributed by atoms with Crippen LogP contribution in [0.3, 0.4) is 0 Å². The van der Waals surface area contributed by atoms with E-state index in [0.717, 1.165) is 0 Å². The van der Waals surface area contributed by atoms with Crippen molar-refractivity contribution >= 4 is 0 Å². The average Bonchev–Trinajstić information content (AvgIpc) is 2.09. The van der Waals surface area contributed by atoms with Crippen LogP contribution < -0.4 is 0 Å². The highest BCUT2D eigenvalue weighted by Gasteiger charge is 2.39. The van der Waals surface area contributed by atoms with Gasteiger partial charge in [-0.1, -0.05) is 6.58 Å². The van der Waals surface area contributed by atoms with E-state index >= 15 is 0 Å². The molecular weight excluding hydrogens is 207 g/mol. The molecule has 1 aliphatic heterocycles. The second-order valence-electron chi connectivity index (χ2n) is 4.31. The molecule has 0 aromatic rings. The number of nitrogens with zero attached hydrogens (tertiary/aromatic N) is 1. The van der Waals surface area contributed by atoms with Gasteiger partial charge in [-0.2, -0.15) is 13.2 Å². The van der Waals surface area contributed by atoms with Crippen LogP contribution in [0.1, 0.15) is 19.3 Å². The Morgan fingerprint density at radius 3 is 2.27 bits per heavy atom. The Bertz CT molecular complexity index is 242. The fourth-order valence-electron chi connectivity index (χ4n) is 1.71. The van der Waals surface area contributed by atoms with Crippen LogP contribution in [0.2, 0.25) is 0 Å². The molecule has 0 spiro atoms.